The van der Waals surface area contributed by atoms with Crippen molar-refractivity contribution in [2.75, 3.05) is 13.7 Å². The fourth-order valence-electron chi connectivity index (χ4n) is 1.95. The maximum absolute atomic E-state index is 13.6. The van der Waals surface area contributed by atoms with Gasteiger partial charge >= 0.3 is 0 Å². The Morgan fingerprint density at radius 3 is 2.52 bits per heavy atom. The molecule has 0 saturated heterocycles. The van der Waals surface area contributed by atoms with Crippen molar-refractivity contribution in [3.05, 3.63) is 53.6 Å². The van der Waals surface area contributed by atoms with Gasteiger partial charge in [-0.05, 0) is 42.8 Å². The van der Waals surface area contributed by atoms with E-state index >= 15 is 0 Å². The van der Waals surface area contributed by atoms with Crippen LogP contribution in [0.25, 0.3) is 0 Å². The molecule has 6 nitrogen and oxygen atoms in total. The highest BCUT2D eigenvalue weighted by atomic mass is 32.2. The molecular formula is C16H15F2NO5S. The van der Waals surface area contributed by atoms with Gasteiger partial charge in [-0.2, -0.15) is 0 Å². The molecule has 0 saturated carbocycles. The van der Waals surface area contributed by atoms with Gasteiger partial charge in [0.1, 0.15) is 16.5 Å². The number of carbonyl (C=O) groups excluding carboxylic acids is 1. The lowest BCUT2D eigenvalue weighted by molar-refractivity contribution is -0.121. The van der Waals surface area contributed by atoms with Gasteiger partial charge in [0.15, 0.2) is 18.1 Å². The van der Waals surface area contributed by atoms with Crippen molar-refractivity contribution in [1.82, 2.24) is 4.72 Å². The Kier molecular flexibility index (Phi) is 5.58. The molecule has 2 rings (SSSR count). The van der Waals surface area contributed by atoms with E-state index in [1.165, 1.54) is 7.11 Å². The van der Waals surface area contributed by atoms with Crippen molar-refractivity contribution in [3.63, 3.8) is 0 Å². The summed E-state index contributed by atoms with van der Waals surface area (Å²) in [6.07, 6.45) is 0. The van der Waals surface area contributed by atoms with Gasteiger partial charge in [0, 0.05) is 0 Å². The predicted octanol–water partition coefficient (Wildman–Crippen LogP) is 2.17. The van der Waals surface area contributed by atoms with Crippen molar-refractivity contribution in [1.29, 1.82) is 0 Å². The molecule has 0 atom stereocenters. The molecule has 1 N–H and O–H groups in total. The van der Waals surface area contributed by atoms with Crippen LogP contribution in [0.3, 0.4) is 0 Å². The van der Waals surface area contributed by atoms with Crippen LogP contribution < -0.4 is 14.2 Å². The van der Waals surface area contributed by atoms with E-state index in [4.69, 9.17) is 9.47 Å². The molecule has 0 spiro atoms. The largest absolute Gasteiger partial charge is 0.493 e. The van der Waals surface area contributed by atoms with E-state index < -0.39 is 39.1 Å². The Hall–Kier alpha value is -2.68. The summed E-state index contributed by atoms with van der Waals surface area (Å²) in [5, 5.41) is 0. The minimum Gasteiger partial charge on any atom is -0.493 e. The fourth-order valence-corrected chi connectivity index (χ4v) is 3.02. The van der Waals surface area contributed by atoms with Crippen LogP contribution in [0.1, 0.15) is 5.56 Å². The van der Waals surface area contributed by atoms with E-state index in [1.54, 1.807) is 22.9 Å². The highest BCUT2D eigenvalue weighted by molar-refractivity contribution is 7.90. The van der Waals surface area contributed by atoms with Crippen molar-refractivity contribution >= 4 is 15.9 Å². The number of nitrogens with one attached hydrogen (secondary N) is 1. The van der Waals surface area contributed by atoms with Gasteiger partial charge < -0.3 is 9.47 Å². The number of hydrogen-bond donors (Lipinski definition) is 1. The van der Waals surface area contributed by atoms with E-state index in [2.05, 4.69) is 0 Å². The Labute approximate surface area is 143 Å². The third kappa shape index (κ3) is 4.66. The Balaban J connectivity index is 2.08. The number of carbonyl (C=O) groups is 1. The molecule has 0 fully saturated rings. The zero-order valence-electron chi connectivity index (χ0n) is 13.4. The molecule has 0 radical (unpaired) electrons. The number of benzene rings is 2. The maximum Gasteiger partial charge on any atom is 0.271 e. The molecule has 1 amide bonds. The molecule has 25 heavy (non-hydrogen) atoms. The third-order valence-corrected chi connectivity index (χ3v) is 4.50. The molecule has 0 aliphatic rings. The van der Waals surface area contributed by atoms with Crippen molar-refractivity contribution < 1.29 is 31.5 Å². The van der Waals surface area contributed by atoms with E-state index in [9.17, 15) is 22.0 Å². The summed E-state index contributed by atoms with van der Waals surface area (Å²) in [4.78, 5) is 10.8. The van der Waals surface area contributed by atoms with Crippen LogP contribution in [-0.2, 0) is 14.8 Å². The number of halogens is 2. The number of sulfonamides is 1. The quantitative estimate of drug-likeness (QED) is 0.842. The minimum absolute atomic E-state index is 0.234. The summed E-state index contributed by atoms with van der Waals surface area (Å²) in [6.45, 7) is 1.18. The van der Waals surface area contributed by atoms with E-state index in [1.807, 2.05) is 6.92 Å². The van der Waals surface area contributed by atoms with Crippen LogP contribution in [0, 0.1) is 18.6 Å². The molecule has 9 heteroatoms. The SMILES string of the molecule is COc1cc(C)ccc1OCC(=O)NS(=O)(=O)c1cc(F)ccc1F. The van der Waals surface area contributed by atoms with Gasteiger partial charge in [-0.3, -0.25) is 4.79 Å². The van der Waals surface area contributed by atoms with Crippen molar-refractivity contribution in [3.8, 4) is 11.5 Å². The first-order valence-electron chi connectivity index (χ1n) is 7.01. The number of amides is 1. The van der Waals surface area contributed by atoms with Crippen LogP contribution in [-0.4, -0.2) is 28.0 Å². The standard InChI is InChI=1S/C16H15F2NO5S/c1-10-3-6-13(14(7-10)23-2)24-9-16(20)19-25(21,22)15-8-11(17)4-5-12(15)18/h3-8H,9H2,1-2H3,(H,19,20). The summed E-state index contributed by atoms with van der Waals surface area (Å²) in [5.41, 5.74) is 0.901. The monoisotopic (exact) mass is 371 g/mol. The second-order valence-corrected chi connectivity index (χ2v) is 6.70. The molecule has 0 aromatic heterocycles. The Morgan fingerprint density at radius 1 is 1.12 bits per heavy atom. The number of aryl methyl sites for hydroxylation is 1. The molecule has 134 valence electrons. The number of ether oxygens (including phenoxy) is 2. The summed E-state index contributed by atoms with van der Waals surface area (Å²) in [5.74, 6) is -2.58. The first kappa shape index (κ1) is 18.7. The lowest BCUT2D eigenvalue weighted by atomic mass is 10.2. The van der Waals surface area contributed by atoms with Gasteiger partial charge in [-0.15, -0.1) is 0 Å². The summed E-state index contributed by atoms with van der Waals surface area (Å²) < 4.78 is 62.6. The Morgan fingerprint density at radius 2 is 1.84 bits per heavy atom. The predicted molar refractivity (Wildman–Crippen MR) is 84.9 cm³/mol. The van der Waals surface area contributed by atoms with Crippen LogP contribution in [0.15, 0.2) is 41.3 Å². The molecule has 0 aliphatic carbocycles. The topological polar surface area (TPSA) is 81.7 Å². The Bertz CT molecular complexity index is 899. The number of methoxy groups -OCH3 is 1. The van der Waals surface area contributed by atoms with E-state index in [0.29, 0.717) is 17.9 Å². The average molecular weight is 371 g/mol. The zero-order chi connectivity index (χ0) is 18.6. The zero-order valence-corrected chi connectivity index (χ0v) is 14.2. The number of rotatable bonds is 6. The lowest BCUT2D eigenvalue weighted by Gasteiger charge is -2.12. The molecular weight excluding hydrogens is 356 g/mol. The van der Waals surface area contributed by atoms with Gasteiger partial charge in [0.25, 0.3) is 15.9 Å². The fraction of sp³-hybridized carbons (Fsp3) is 0.188. The maximum atomic E-state index is 13.6. The first-order valence-corrected chi connectivity index (χ1v) is 8.49. The molecule has 2 aromatic rings. The lowest BCUT2D eigenvalue weighted by Crippen LogP contribution is -2.35. The van der Waals surface area contributed by atoms with Crippen LogP contribution >= 0.6 is 0 Å². The van der Waals surface area contributed by atoms with Crippen LogP contribution in [0.4, 0.5) is 8.78 Å². The molecule has 2 aromatic carbocycles. The minimum atomic E-state index is -4.57. The molecule has 0 heterocycles. The van der Waals surface area contributed by atoms with Gasteiger partial charge in [0.2, 0.25) is 0 Å². The molecule has 0 bridgehead atoms. The highest BCUT2D eigenvalue weighted by Crippen LogP contribution is 2.27. The number of hydrogen-bond acceptors (Lipinski definition) is 5. The summed E-state index contributed by atoms with van der Waals surface area (Å²) in [6, 6.07) is 6.85. The normalized spacial score (nSPS) is 11.0. The highest BCUT2D eigenvalue weighted by Gasteiger charge is 2.23. The van der Waals surface area contributed by atoms with Gasteiger partial charge in [0.05, 0.1) is 7.11 Å². The van der Waals surface area contributed by atoms with Crippen molar-refractivity contribution in [2.45, 2.75) is 11.8 Å². The van der Waals surface area contributed by atoms with E-state index in [-0.39, 0.29) is 5.75 Å². The molecule has 0 aliphatic heterocycles. The second-order valence-electron chi connectivity index (χ2n) is 5.05. The van der Waals surface area contributed by atoms with E-state index in [0.717, 1.165) is 11.6 Å². The van der Waals surface area contributed by atoms with Gasteiger partial charge in [-0.25, -0.2) is 21.9 Å². The van der Waals surface area contributed by atoms with Crippen molar-refractivity contribution in [2.24, 2.45) is 0 Å². The molecule has 0 unspecified atom stereocenters. The smallest absolute Gasteiger partial charge is 0.271 e. The van der Waals surface area contributed by atoms with Crippen LogP contribution in [0.5, 0.6) is 11.5 Å². The first-order chi connectivity index (χ1) is 11.7. The summed E-state index contributed by atoms with van der Waals surface area (Å²) >= 11 is 0. The third-order valence-electron chi connectivity index (χ3n) is 3.11. The second kappa shape index (κ2) is 7.47. The summed E-state index contributed by atoms with van der Waals surface area (Å²) in [7, 11) is -3.15. The van der Waals surface area contributed by atoms with Crippen LogP contribution in [0.2, 0.25) is 0 Å². The average Bonchev–Trinajstić information content (AvgIpc) is 2.55. The van der Waals surface area contributed by atoms with Gasteiger partial charge in [-0.1, -0.05) is 6.07 Å².